The van der Waals surface area contributed by atoms with Gasteiger partial charge in [-0.05, 0) is 36.4 Å². The molecule has 2 rings (SSSR count). The Morgan fingerprint density at radius 2 is 1.24 bits per heavy atom. The van der Waals surface area contributed by atoms with Gasteiger partial charge in [0.2, 0.25) is 0 Å². The number of phenols is 2. The van der Waals surface area contributed by atoms with Crippen molar-refractivity contribution in [1.82, 2.24) is 0 Å². The van der Waals surface area contributed by atoms with E-state index in [9.17, 15) is 18.5 Å². The van der Waals surface area contributed by atoms with E-state index >= 15 is 0 Å². The van der Waals surface area contributed by atoms with E-state index in [0.717, 1.165) is 12.1 Å². The molecule has 0 atom stereocenters. The van der Waals surface area contributed by atoms with Crippen molar-refractivity contribution >= 4 is 15.8 Å². The summed E-state index contributed by atoms with van der Waals surface area (Å²) in [6.07, 6.45) is 0. The summed E-state index contributed by atoms with van der Waals surface area (Å²) in [5.74, 6) is -0.0111. The third-order valence-corrected chi connectivity index (χ3v) is 3.06. The lowest BCUT2D eigenvalue weighted by atomic mass is 10.3. The molecule has 0 aliphatic carbocycles. The standard InChI is InChI=1S/C6H5NO3.C6H6O4S/c8-6-3-1-5(2-4-6)7(9)10;7-5-1-3-6(4-2-5)11(8,9)10/h1-4,8H;1-4,7H,(H,8,9,10). The number of benzene rings is 2. The van der Waals surface area contributed by atoms with Crippen molar-refractivity contribution in [2.75, 3.05) is 0 Å². The molecule has 21 heavy (non-hydrogen) atoms. The van der Waals surface area contributed by atoms with Gasteiger partial charge in [-0.1, -0.05) is 0 Å². The molecule has 2 aromatic rings. The first kappa shape index (κ1) is 16.4. The number of non-ortho nitro benzene ring substituents is 1. The van der Waals surface area contributed by atoms with Crippen LogP contribution in [0.15, 0.2) is 53.4 Å². The molecule has 0 unspecified atom stereocenters. The Morgan fingerprint density at radius 3 is 1.57 bits per heavy atom. The third kappa shape index (κ3) is 5.47. The highest BCUT2D eigenvalue weighted by atomic mass is 32.2. The van der Waals surface area contributed by atoms with Crippen LogP contribution >= 0.6 is 0 Å². The molecular formula is C12H11NO7S. The topological polar surface area (TPSA) is 138 Å². The second kappa shape index (κ2) is 6.68. The number of rotatable bonds is 2. The zero-order valence-corrected chi connectivity index (χ0v) is 11.3. The van der Waals surface area contributed by atoms with E-state index in [0.29, 0.717) is 0 Å². The van der Waals surface area contributed by atoms with Gasteiger partial charge >= 0.3 is 0 Å². The first-order chi connectivity index (χ1) is 9.70. The molecule has 0 bridgehead atoms. The first-order valence-electron chi connectivity index (χ1n) is 5.40. The second-order valence-corrected chi connectivity index (χ2v) is 5.16. The van der Waals surface area contributed by atoms with Gasteiger partial charge in [0.15, 0.2) is 0 Å². The van der Waals surface area contributed by atoms with Gasteiger partial charge in [0, 0.05) is 12.1 Å². The Bertz CT molecular complexity index is 708. The number of hydrogen-bond acceptors (Lipinski definition) is 6. The van der Waals surface area contributed by atoms with E-state index in [1.54, 1.807) is 0 Å². The van der Waals surface area contributed by atoms with Crippen LogP contribution in [0.1, 0.15) is 0 Å². The summed E-state index contributed by atoms with van der Waals surface area (Å²) in [7, 11) is -4.13. The lowest BCUT2D eigenvalue weighted by molar-refractivity contribution is -0.384. The van der Waals surface area contributed by atoms with Crippen molar-refractivity contribution in [3.05, 3.63) is 58.6 Å². The average Bonchev–Trinajstić information content (AvgIpc) is 2.39. The fraction of sp³-hybridized carbons (Fsp3) is 0. The van der Waals surface area contributed by atoms with Gasteiger partial charge in [-0.2, -0.15) is 8.42 Å². The third-order valence-electron chi connectivity index (χ3n) is 2.20. The van der Waals surface area contributed by atoms with E-state index in [-0.39, 0.29) is 22.1 Å². The van der Waals surface area contributed by atoms with Crippen LogP contribution in [0.4, 0.5) is 5.69 Å². The number of nitro groups is 1. The molecule has 0 aliphatic heterocycles. The molecular weight excluding hydrogens is 302 g/mol. The molecule has 9 heteroatoms. The van der Waals surface area contributed by atoms with Gasteiger partial charge in [-0.15, -0.1) is 0 Å². The average molecular weight is 313 g/mol. The monoisotopic (exact) mass is 313 g/mol. The Kier molecular flexibility index (Phi) is 5.22. The van der Waals surface area contributed by atoms with Crippen LogP contribution in [-0.2, 0) is 10.1 Å². The van der Waals surface area contributed by atoms with Crippen LogP contribution in [0.5, 0.6) is 11.5 Å². The molecule has 0 spiro atoms. The summed E-state index contributed by atoms with van der Waals surface area (Å²) in [6.45, 7) is 0. The number of phenolic OH excluding ortho intramolecular Hbond substituents is 2. The zero-order valence-electron chi connectivity index (χ0n) is 10.4. The molecule has 0 heterocycles. The van der Waals surface area contributed by atoms with E-state index in [2.05, 4.69) is 0 Å². The normalized spacial score (nSPS) is 10.3. The Morgan fingerprint density at radius 1 is 0.857 bits per heavy atom. The predicted octanol–water partition coefficient (Wildman–Crippen LogP) is 1.94. The maximum Gasteiger partial charge on any atom is 0.294 e. The van der Waals surface area contributed by atoms with Crippen molar-refractivity contribution in [3.8, 4) is 11.5 Å². The maximum absolute atomic E-state index is 10.4. The molecule has 0 amide bonds. The number of aromatic hydroxyl groups is 2. The number of nitrogens with zero attached hydrogens (tertiary/aromatic N) is 1. The van der Waals surface area contributed by atoms with Crippen LogP contribution in [0, 0.1) is 10.1 Å². The smallest absolute Gasteiger partial charge is 0.294 e. The van der Waals surface area contributed by atoms with Crippen molar-refractivity contribution in [2.45, 2.75) is 4.90 Å². The SMILES string of the molecule is O=S(=O)(O)c1ccc(O)cc1.O=[N+]([O-])c1ccc(O)cc1. The predicted molar refractivity (Wildman–Crippen MR) is 72.7 cm³/mol. The van der Waals surface area contributed by atoms with Crippen molar-refractivity contribution in [1.29, 1.82) is 0 Å². The lowest BCUT2D eigenvalue weighted by Crippen LogP contribution is -1.96. The molecule has 8 nitrogen and oxygen atoms in total. The highest BCUT2D eigenvalue weighted by Crippen LogP contribution is 2.15. The summed E-state index contributed by atoms with van der Waals surface area (Å²) < 4.78 is 29.3. The summed E-state index contributed by atoms with van der Waals surface area (Å²) in [5, 5.41) is 27.5. The fourth-order valence-electron chi connectivity index (χ4n) is 1.19. The van der Waals surface area contributed by atoms with E-state index in [4.69, 9.17) is 14.8 Å². The minimum Gasteiger partial charge on any atom is -0.508 e. The van der Waals surface area contributed by atoms with Crippen molar-refractivity contribution in [2.24, 2.45) is 0 Å². The molecule has 0 saturated carbocycles. The molecule has 0 radical (unpaired) electrons. The molecule has 0 aromatic heterocycles. The van der Waals surface area contributed by atoms with Crippen LogP contribution in [0.2, 0.25) is 0 Å². The molecule has 0 aliphatic rings. The van der Waals surface area contributed by atoms with Gasteiger partial charge < -0.3 is 10.2 Å². The quantitative estimate of drug-likeness (QED) is 0.437. The van der Waals surface area contributed by atoms with E-state index in [1.165, 1.54) is 36.4 Å². The molecule has 3 N–H and O–H groups in total. The van der Waals surface area contributed by atoms with Crippen molar-refractivity contribution in [3.63, 3.8) is 0 Å². The van der Waals surface area contributed by atoms with E-state index in [1.807, 2.05) is 0 Å². The van der Waals surface area contributed by atoms with Gasteiger partial charge in [-0.25, -0.2) is 0 Å². The second-order valence-electron chi connectivity index (χ2n) is 3.74. The van der Waals surface area contributed by atoms with Gasteiger partial charge in [0.25, 0.3) is 15.8 Å². The minimum absolute atomic E-state index is 0.0159. The molecule has 2 aromatic carbocycles. The van der Waals surface area contributed by atoms with Crippen LogP contribution in [0.25, 0.3) is 0 Å². The summed E-state index contributed by atoms with van der Waals surface area (Å²) >= 11 is 0. The van der Waals surface area contributed by atoms with Gasteiger partial charge in [0.05, 0.1) is 9.82 Å². The Hall–Kier alpha value is -2.65. The van der Waals surface area contributed by atoms with Crippen LogP contribution < -0.4 is 0 Å². The zero-order chi connectivity index (χ0) is 16.0. The van der Waals surface area contributed by atoms with Gasteiger partial charge in [-0.3, -0.25) is 14.7 Å². The molecule has 112 valence electrons. The maximum atomic E-state index is 10.4. The fourth-order valence-corrected chi connectivity index (χ4v) is 1.67. The lowest BCUT2D eigenvalue weighted by Gasteiger charge is -1.94. The minimum atomic E-state index is -4.13. The highest BCUT2D eigenvalue weighted by molar-refractivity contribution is 7.85. The Labute approximate surface area is 119 Å². The molecule has 0 saturated heterocycles. The number of hydrogen-bond donors (Lipinski definition) is 3. The summed E-state index contributed by atoms with van der Waals surface area (Å²) in [5.41, 5.74) is -0.0159. The van der Waals surface area contributed by atoms with Crippen molar-refractivity contribution < 1.29 is 28.1 Å². The summed E-state index contributed by atoms with van der Waals surface area (Å²) in [4.78, 5) is 9.30. The van der Waals surface area contributed by atoms with Crippen LogP contribution in [0.3, 0.4) is 0 Å². The largest absolute Gasteiger partial charge is 0.508 e. The Balaban J connectivity index is 0.000000211. The summed E-state index contributed by atoms with van der Waals surface area (Å²) in [6, 6.07) is 9.64. The van der Waals surface area contributed by atoms with Crippen LogP contribution in [-0.4, -0.2) is 28.1 Å². The molecule has 0 fully saturated rings. The highest BCUT2D eigenvalue weighted by Gasteiger charge is 2.07. The number of nitro benzene ring substituents is 1. The van der Waals surface area contributed by atoms with E-state index < -0.39 is 15.0 Å². The first-order valence-corrected chi connectivity index (χ1v) is 6.84. The van der Waals surface area contributed by atoms with Gasteiger partial charge in [0.1, 0.15) is 11.5 Å².